The number of aromatic amines is 1. The number of hydrogen-bond acceptors (Lipinski definition) is 4. The van der Waals surface area contributed by atoms with Gasteiger partial charge in [0.15, 0.2) is 9.84 Å². The summed E-state index contributed by atoms with van der Waals surface area (Å²) in [7, 11) is -3.14. The minimum atomic E-state index is -3.14. The van der Waals surface area contributed by atoms with E-state index >= 15 is 0 Å². The molecule has 0 aliphatic carbocycles. The van der Waals surface area contributed by atoms with Gasteiger partial charge in [0.2, 0.25) is 0 Å². The van der Waals surface area contributed by atoms with Crippen molar-refractivity contribution < 1.29 is 13.2 Å². The standard InChI is InChI=1S/C21H23N3O3S/c1-28(26,27)14-15-6-4-7-16(12-15)21(25)24-11-5-8-17(13-24)20-22-18-9-2-3-10-19(18)23-20/h2-4,6-7,9-10,12,17H,5,8,11,13-14H2,1H3,(H,22,23). The lowest BCUT2D eigenvalue weighted by Gasteiger charge is -2.32. The lowest BCUT2D eigenvalue weighted by Crippen LogP contribution is -2.39. The monoisotopic (exact) mass is 397 g/mol. The maximum absolute atomic E-state index is 13.0. The Bertz CT molecular complexity index is 1090. The highest BCUT2D eigenvalue weighted by molar-refractivity contribution is 7.89. The number of aromatic nitrogens is 2. The summed E-state index contributed by atoms with van der Waals surface area (Å²) in [6.07, 6.45) is 3.10. The SMILES string of the molecule is CS(=O)(=O)Cc1cccc(C(=O)N2CCCC(c3nc4ccccc4[nH]3)C2)c1. The van der Waals surface area contributed by atoms with Crippen molar-refractivity contribution in [2.45, 2.75) is 24.5 Å². The number of hydrogen-bond donors (Lipinski definition) is 1. The van der Waals surface area contributed by atoms with Gasteiger partial charge in [-0.1, -0.05) is 24.3 Å². The average molecular weight is 398 g/mol. The number of imidazole rings is 1. The highest BCUT2D eigenvalue weighted by Crippen LogP contribution is 2.27. The second kappa shape index (κ2) is 7.39. The zero-order chi connectivity index (χ0) is 19.7. The largest absolute Gasteiger partial charge is 0.342 e. The van der Waals surface area contributed by atoms with Gasteiger partial charge in [0.1, 0.15) is 5.82 Å². The third kappa shape index (κ3) is 4.09. The van der Waals surface area contributed by atoms with Gasteiger partial charge >= 0.3 is 0 Å². The Morgan fingerprint density at radius 1 is 1.21 bits per heavy atom. The summed E-state index contributed by atoms with van der Waals surface area (Å²) in [5, 5.41) is 0. The van der Waals surface area contributed by atoms with Crippen LogP contribution >= 0.6 is 0 Å². The van der Waals surface area contributed by atoms with E-state index in [2.05, 4.69) is 4.98 Å². The van der Waals surface area contributed by atoms with Crippen LogP contribution in [0.4, 0.5) is 0 Å². The molecule has 2 heterocycles. The molecule has 6 nitrogen and oxygen atoms in total. The number of rotatable bonds is 4. The van der Waals surface area contributed by atoms with E-state index in [4.69, 9.17) is 4.98 Å². The Morgan fingerprint density at radius 2 is 2.04 bits per heavy atom. The van der Waals surface area contributed by atoms with Crippen molar-refractivity contribution in [3.8, 4) is 0 Å². The molecule has 3 aromatic rings. The first-order valence-electron chi connectivity index (χ1n) is 9.40. The van der Waals surface area contributed by atoms with E-state index in [0.717, 1.165) is 29.7 Å². The summed E-state index contributed by atoms with van der Waals surface area (Å²) >= 11 is 0. The highest BCUT2D eigenvalue weighted by atomic mass is 32.2. The molecule has 1 fully saturated rings. The fourth-order valence-electron chi connectivity index (χ4n) is 3.83. The number of fused-ring (bicyclic) bond motifs is 1. The Balaban J connectivity index is 1.52. The summed E-state index contributed by atoms with van der Waals surface area (Å²) in [6.45, 7) is 1.31. The van der Waals surface area contributed by atoms with Crippen LogP contribution in [0.15, 0.2) is 48.5 Å². The molecular weight excluding hydrogens is 374 g/mol. The van der Waals surface area contributed by atoms with E-state index in [1.54, 1.807) is 24.3 Å². The van der Waals surface area contributed by atoms with Gasteiger partial charge in [-0.25, -0.2) is 13.4 Å². The second-order valence-electron chi connectivity index (χ2n) is 7.50. The number of piperidine rings is 1. The lowest BCUT2D eigenvalue weighted by atomic mass is 9.96. The van der Waals surface area contributed by atoms with Gasteiger partial charge in [0.05, 0.1) is 16.8 Å². The number of sulfone groups is 1. The molecule has 0 radical (unpaired) electrons. The molecule has 1 unspecified atom stereocenters. The Kier molecular flexibility index (Phi) is 4.93. The van der Waals surface area contributed by atoms with E-state index in [1.807, 2.05) is 29.2 Å². The minimum Gasteiger partial charge on any atom is -0.342 e. The molecule has 1 aromatic heterocycles. The van der Waals surface area contributed by atoms with E-state index in [9.17, 15) is 13.2 Å². The van der Waals surface area contributed by atoms with Crippen LogP contribution in [0.25, 0.3) is 11.0 Å². The molecule has 0 saturated carbocycles. The van der Waals surface area contributed by atoms with E-state index < -0.39 is 9.84 Å². The Labute approximate surface area is 164 Å². The Hall–Kier alpha value is -2.67. The third-order valence-corrected chi connectivity index (χ3v) is 5.96. The first-order valence-corrected chi connectivity index (χ1v) is 11.5. The molecule has 1 saturated heterocycles. The maximum atomic E-state index is 13.0. The highest BCUT2D eigenvalue weighted by Gasteiger charge is 2.27. The van der Waals surface area contributed by atoms with Crippen molar-refractivity contribution in [2.75, 3.05) is 19.3 Å². The zero-order valence-corrected chi connectivity index (χ0v) is 16.6. The smallest absolute Gasteiger partial charge is 0.253 e. The zero-order valence-electron chi connectivity index (χ0n) is 15.8. The van der Waals surface area contributed by atoms with Gasteiger partial charge in [-0.3, -0.25) is 4.79 Å². The van der Waals surface area contributed by atoms with Crippen LogP contribution in [0.1, 0.15) is 40.5 Å². The van der Waals surface area contributed by atoms with Crippen LogP contribution in [0, 0.1) is 0 Å². The quantitative estimate of drug-likeness (QED) is 0.733. The maximum Gasteiger partial charge on any atom is 0.253 e. The number of amides is 1. The number of para-hydroxylation sites is 2. The van der Waals surface area contributed by atoms with Gasteiger partial charge in [0, 0.05) is 30.8 Å². The number of nitrogens with one attached hydrogen (secondary N) is 1. The van der Waals surface area contributed by atoms with E-state index in [-0.39, 0.29) is 17.6 Å². The van der Waals surface area contributed by atoms with Gasteiger partial charge in [-0.2, -0.15) is 0 Å². The van der Waals surface area contributed by atoms with Gasteiger partial charge < -0.3 is 9.88 Å². The van der Waals surface area contributed by atoms with Crippen LogP contribution in [-0.2, 0) is 15.6 Å². The molecule has 1 N–H and O–H groups in total. The van der Waals surface area contributed by atoms with Crippen LogP contribution in [0.3, 0.4) is 0 Å². The molecule has 146 valence electrons. The normalized spacial score (nSPS) is 17.8. The second-order valence-corrected chi connectivity index (χ2v) is 9.64. The van der Waals surface area contributed by atoms with Crippen molar-refractivity contribution in [2.24, 2.45) is 0 Å². The third-order valence-electron chi connectivity index (χ3n) is 5.11. The van der Waals surface area contributed by atoms with Gasteiger partial charge in [0.25, 0.3) is 5.91 Å². The average Bonchev–Trinajstić information content (AvgIpc) is 3.11. The summed E-state index contributed by atoms with van der Waals surface area (Å²) in [5.41, 5.74) is 3.12. The van der Waals surface area contributed by atoms with Gasteiger partial charge in [-0.05, 0) is 42.7 Å². The topological polar surface area (TPSA) is 83.1 Å². The molecular formula is C21H23N3O3S. The minimum absolute atomic E-state index is 0.0591. The number of carbonyl (C=O) groups excluding carboxylic acids is 1. The predicted octanol–water partition coefficient (Wildman–Crippen LogP) is 3.13. The van der Waals surface area contributed by atoms with Crippen molar-refractivity contribution in [1.29, 1.82) is 0 Å². The van der Waals surface area contributed by atoms with E-state index in [0.29, 0.717) is 24.2 Å². The molecule has 1 amide bonds. The van der Waals surface area contributed by atoms with Crippen LogP contribution in [-0.4, -0.2) is 48.5 Å². The molecule has 28 heavy (non-hydrogen) atoms. The number of benzene rings is 2. The number of H-pyrrole nitrogens is 1. The molecule has 7 heteroatoms. The molecule has 1 atom stereocenters. The van der Waals surface area contributed by atoms with Crippen molar-refractivity contribution in [3.63, 3.8) is 0 Å². The lowest BCUT2D eigenvalue weighted by molar-refractivity contribution is 0.0705. The van der Waals surface area contributed by atoms with Crippen molar-refractivity contribution in [1.82, 2.24) is 14.9 Å². The molecule has 0 spiro atoms. The molecule has 4 rings (SSSR count). The molecule has 1 aliphatic rings. The van der Waals surface area contributed by atoms with Crippen molar-refractivity contribution >= 4 is 26.8 Å². The molecule has 2 aromatic carbocycles. The fourth-order valence-corrected chi connectivity index (χ4v) is 4.62. The van der Waals surface area contributed by atoms with Crippen LogP contribution in [0.2, 0.25) is 0 Å². The van der Waals surface area contributed by atoms with Gasteiger partial charge in [-0.15, -0.1) is 0 Å². The van der Waals surface area contributed by atoms with Crippen LogP contribution < -0.4 is 0 Å². The number of likely N-dealkylation sites (tertiary alicyclic amines) is 1. The summed E-state index contributed by atoms with van der Waals surface area (Å²) in [6, 6.07) is 14.9. The molecule has 1 aliphatic heterocycles. The number of carbonyl (C=O) groups is 1. The number of nitrogens with zero attached hydrogens (tertiary/aromatic N) is 2. The van der Waals surface area contributed by atoms with E-state index in [1.165, 1.54) is 6.26 Å². The first kappa shape index (κ1) is 18.7. The summed E-state index contributed by atoms with van der Waals surface area (Å²) in [4.78, 5) is 22.9. The summed E-state index contributed by atoms with van der Waals surface area (Å²) < 4.78 is 23.1. The fraction of sp³-hybridized carbons (Fsp3) is 0.333. The van der Waals surface area contributed by atoms with Crippen LogP contribution in [0.5, 0.6) is 0 Å². The Morgan fingerprint density at radius 3 is 2.82 bits per heavy atom. The predicted molar refractivity (Wildman–Crippen MR) is 109 cm³/mol. The molecule has 0 bridgehead atoms. The van der Waals surface area contributed by atoms with Crippen molar-refractivity contribution in [3.05, 3.63) is 65.5 Å². The summed E-state index contributed by atoms with van der Waals surface area (Å²) in [5.74, 6) is 0.973. The first-order chi connectivity index (χ1) is 13.4.